The van der Waals surface area contributed by atoms with Gasteiger partial charge in [-0.2, -0.15) is 13.2 Å². The third kappa shape index (κ3) is 3.13. The fourth-order valence-electron chi connectivity index (χ4n) is 1.07. The SMILES string of the molecule is FC(F)(F)c1ccccc1COCI. The van der Waals surface area contributed by atoms with E-state index >= 15 is 0 Å². The Balaban J connectivity index is 2.92. The molecule has 0 saturated carbocycles. The molecule has 0 radical (unpaired) electrons. The number of halogens is 4. The van der Waals surface area contributed by atoms with Gasteiger partial charge in [-0.15, -0.1) is 0 Å². The van der Waals surface area contributed by atoms with Crippen molar-refractivity contribution >= 4 is 22.6 Å². The molecule has 1 nitrogen and oxygen atoms in total. The summed E-state index contributed by atoms with van der Waals surface area (Å²) in [6.07, 6.45) is -4.30. The van der Waals surface area contributed by atoms with Crippen LogP contribution in [0.25, 0.3) is 0 Å². The minimum Gasteiger partial charge on any atom is -0.366 e. The summed E-state index contributed by atoms with van der Waals surface area (Å²) >= 11 is 1.94. The van der Waals surface area contributed by atoms with Gasteiger partial charge in [-0.1, -0.05) is 40.8 Å². The van der Waals surface area contributed by atoms with Crippen molar-refractivity contribution in [3.05, 3.63) is 35.4 Å². The highest BCUT2D eigenvalue weighted by Gasteiger charge is 2.32. The molecule has 0 aliphatic heterocycles. The fourth-order valence-corrected chi connectivity index (χ4v) is 1.29. The van der Waals surface area contributed by atoms with E-state index in [0.29, 0.717) is 4.61 Å². The Hall–Kier alpha value is -0.300. The Bertz CT molecular complexity index is 298. The first-order chi connectivity index (χ1) is 6.55. The van der Waals surface area contributed by atoms with Gasteiger partial charge in [0.2, 0.25) is 0 Å². The molecule has 1 aromatic rings. The topological polar surface area (TPSA) is 9.23 Å². The van der Waals surface area contributed by atoms with Crippen LogP contribution >= 0.6 is 22.6 Å². The molecule has 0 fully saturated rings. The minimum atomic E-state index is -4.30. The van der Waals surface area contributed by atoms with Crippen molar-refractivity contribution in [3.8, 4) is 0 Å². The third-order valence-electron chi connectivity index (χ3n) is 1.66. The zero-order chi connectivity index (χ0) is 10.6. The van der Waals surface area contributed by atoms with Gasteiger partial charge in [0, 0.05) is 0 Å². The van der Waals surface area contributed by atoms with E-state index < -0.39 is 11.7 Å². The molecule has 0 aromatic heterocycles. The molecular weight excluding hydrogens is 308 g/mol. The molecule has 5 heteroatoms. The maximum atomic E-state index is 12.4. The van der Waals surface area contributed by atoms with Crippen LogP contribution < -0.4 is 0 Å². The summed E-state index contributed by atoms with van der Waals surface area (Å²) in [5.41, 5.74) is -0.443. The van der Waals surface area contributed by atoms with Crippen LogP contribution in [-0.2, 0) is 17.5 Å². The van der Waals surface area contributed by atoms with E-state index in [9.17, 15) is 13.2 Å². The van der Waals surface area contributed by atoms with E-state index in [0.717, 1.165) is 6.07 Å². The van der Waals surface area contributed by atoms with Gasteiger partial charge in [0.05, 0.1) is 16.8 Å². The maximum absolute atomic E-state index is 12.4. The molecule has 1 rings (SSSR count). The van der Waals surface area contributed by atoms with Gasteiger partial charge in [-0.3, -0.25) is 0 Å². The molecule has 14 heavy (non-hydrogen) atoms. The van der Waals surface area contributed by atoms with Crippen LogP contribution in [0.15, 0.2) is 24.3 Å². The van der Waals surface area contributed by atoms with Crippen molar-refractivity contribution in [1.29, 1.82) is 0 Å². The van der Waals surface area contributed by atoms with Crippen LogP contribution in [0, 0.1) is 0 Å². The van der Waals surface area contributed by atoms with Gasteiger partial charge in [0.25, 0.3) is 0 Å². The quantitative estimate of drug-likeness (QED) is 0.611. The average molecular weight is 316 g/mol. The normalized spacial score (nSPS) is 11.7. The summed E-state index contributed by atoms with van der Waals surface area (Å²) in [6.45, 7) is -0.00137. The third-order valence-corrected chi connectivity index (χ3v) is 2.10. The molecular formula is C9H8F3IO. The van der Waals surface area contributed by atoms with Crippen molar-refractivity contribution in [2.24, 2.45) is 0 Å². The lowest BCUT2D eigenvalue weighted by atomic mass is 10.1. The van der Waals surface area contributed by atoms with Gasteiger partial charge in [-0.05, 0) is 11.6 Å². The molecule has 78 valence electrons. The zero-order valence-electron chi connectivity index (χ0n) is 7.14. The highest BCUT2D eigenvalue weighted by molar-refractivity contribution is 14.1. The van der Waals surface area contributed by atoms with Crippen molar-refractivity contribution in [3.63, 3.8) is 0 Å². The maximum Gasteiger partial charge on any atom is 0.416 e. The number of ether oxygens (including phenoxy) is 1. The lowest BCUT2D eigenvalue weighted by molar-refractivity contribution is -0.138. The summed E-state index contributed by atoms with van der Waals surface area (Å²) in [4.78, 5) is 0. The first-order valence-electron chi connectivity index (χ1n) is 3.84. The fraction of sp³-hybridized carbons (Fsp3) is 0.333. The molecule has 1 aromatic carbocycles. The average Bonchev–Trinajstić information content (AvgIpc) is 2.14. The van der Waals surface area contributed by atoms with Gasteiger partial charge < -0.3 is 4.74 Å². The summed E-state index contributed by atoms with van der Waals surface area (Å²) in [7, 11) is 0. The molecule has 0 unspecified atom stereocenters. The largest absolute Gasteiger partial charge is 0.416 e. The first kappa shape index (κ1) is 11.8. The van der Waals surface area contributed by atoms with Gasteiger partial charge in [0.15, 0.2) is 0 Å². The summed E-state index contributed by atoms with van der Waals surface area (Å²) < 4.78 is 42.6. The molecule has 0 saturated heterocycles. The van der Waals surface area contributed by atoms with Crippen molar-refractivity contribution in [2.75, 3.05) is 4.61 Å². The number of alkyl halides is 4. The molecule has 0 aliphatic rings. The molecule has 0 spiro atoms. The van der Waals surface area contributed by atoms with Crippen LogP contribution in [0.5, 0.6) is 0 Å². The minimum absolute atomic E-state index is 0.00137. The second-order valence-corrected chi connectivity index (χ2v) is 3.24. The van der Waals surface area contributed by atoms with Crippen molar-refractivity contribution in [2.45, 2.75) is 12.8 Å². The van der Waals surface area contributed by atoms with Crippen LogP contribution in [0.3, 0.4) is 0 Å². The first-order valence-corrected chi connectivity index (χ1v) is 5.37. The van der Waals surface area contributed by atoms with Gasteiger partial charge in [0.1, 0.15) is 0 Å². The second-order valence-electron chi connectivity index (χ2n) is 2.61. The lowest BCUT2D eigenvalue weighted by Crippen LogP contribution is -2.09. The molecule has 0 atom stereocenters. The molecule has 0 heterocycles. The molecule has 0 aliphatic carbocycles. The Morgan fingerprint density at radius 1 is 1.21 bits per heavy atom. The zero-order valence-corrected chi connectivity index (χ0v) is 9.30. The van der Waals surface area contributed by atoms with E-state index in [4.69, 9.17) is 4.74 Å². The van der Waals surface area contributed by atoms with E-state index in [2.05, 4.69) is 0 Å². The van der Waals surface area contributed by atoms with Crippen LogP contribution in [0.4, 0.5) is 13.2 Å². The van der Waals surface area contributed by atoms with Gasteiger partial charge in [-0.25, -0.2) is 0 Å². The standard InChI is InChI=1S/C9H8F3IO/c10-9(11,12)8-4-2-1-3-7(8)5-14-6-13/h1-4H,5-6H2. The smallest absolute Gasteiger partial charge is 0.366 e. The van der Waals surface area contributed by atoms with Crippen LogP contribution in [-0.4, -0.2) is 4.61 Å². The Morgan fingerprint density at radius 3 is 2.43 bits per heavy atom. The summed E-state index contributed by atoms with van der Waals surface area (Å²) in [5, 5.41) is 0. The highest BCUT2D eigenvalue weighted by atomic mass is 127. The molecule has 0 bridgehead atoms. The predicted molar refractivity (Wildman–Crippen MR) is 55.1 cm³/mol. The molecule has 0 amide bonds. The van der Waals surface area contributed by atoms with Gasteiger partial charge >= 0.3 is 6.18 Å². The number of hydrogen-bond donors (Lipinski definition) is 0. The van der Waals surface area contributed by atoms with Crippen molar-refractivity contribution in [1.82, 2.24) is 0 Å². The monoisotopic (exact) mass is 316 g/mol. The Labute approximate surface area is 93.4 Å². The Kier molecular flexibility index (Phi) is 4.18. The highest BCUT2D eigenvalue weighted by Crippen LogP contribution is 2.32. The lowest BCUT2D eigenvalue weighted by Gasteiger charge is -2.11. The van der Waals surface area contributed by atoms with Crippen LogP contribution in [0.2, 0.25) is 0 Å². The summed E-state index contributed by atoms with van der Waals surface area (Å²) in [5.74, 6) is 0. The number of rotatable bonds is 3. The van der Waals surface area contributed by atoms with E-state index in [1.165, 1.54) is 12.1 Å². The summed E-state index contributed by atoms with van der Waals surface area (Å²) in [6, 6.07) is 5.43. The predicted octanol–water partition coefficient (Wildman–Crippen LogP) is 3.61. The van der Waals surface area contributed by atoms with E-state index in [1.807, 2.05) is 22.6 Å². The Morgan fingerprint density at radius 2 is 1.86 bits per heavy atom. The second kappa shape index (κ2) is 4.97. The van der Waals surface area contributed by atoms with Crippen LogP contribution in [0.1, 0.15) is 11.1 Å². The molecule has 0 N–H and O–H groups in total. The number of hydrogen-bond acceptors (Lipinski definition) is 1. The number of benzene rings is 1. The van der Waals surface area contributed by atoms with E-state index in [1.54, 1.807) is 6.07 Å². The van der Waals surface area contributed by atoms with E-state index in [-0.39, 0.29) is 12.2 Å². The van der Waals surface area contributed by atoms with Crippen molar-refractivity contribution < 1.29 is 17.9 Å².